The number of aromatic amines is 1. The van der Waals surface area contributed by atoms with Gasteiger partial charge in [-0.1, -0.05) is 15.9 Å². The highest BCUT2D eigenvalue weighted by Crippen LogP contribution is 2.23. The van der Waals surface area contributed by atoms with Crippen molar-refractivity contribution in [2.24, 2.45) is 0 Å². The molecule has 2 N–H and O–H groups in total. The Labute approximate surface area is 124 Å². The summed E-state index contributed by atoms with van der Waals surface area (Å²) in [5.41, 5.74) is 2.04. The number of rotatable bonds is 5. The SMILES string of the molecule is CCOC(=O)C(Cc1c[nH]c2ccc(Br)cc12)NCl. The van der Waals surface area contributed by atoms with Crippen LogP contribution in [-0.4, -0.2) is 23.6 Å². The second kappa shape index (κ2) is 6.41. The molecule has 19 heavy (non-hydrogen) atoms. The summed E-state index contributed by atoms with van der Waals surface area (Å²) in [6.45, 7) is 2.11. The largest absolute Gasteiger partial charge is 0.465 e. The standard InChI is InChI=1S/C13H14BrClN2O2/c1-2-19-13(18)12(17-15)5-8-7-16-11-4-3-9(14)6-10(8)11/h3-4,6-7,12,16-17H,2,5H2,1H3. The molecule has 102 valence electrons. The molecule has 1 atom stereocenters. The Morgan fingerprint density at radius 1 is 1.58 bits per heavy atom. The molecule has 1 unspecified atom stereocenters. The van der Waals surface area contributed by atoms with Gasteiger partial charge >= 0.3 is 5.97 Å². The fraction of sp³-hybridized carbons (Fsp3) is 0.308. The van der Waals surface area contributed by atoms with Gasteiger partial charge in [-0.15, -0.1) is 0 Å². The van der Waals surface area contributed by atoms with Crippen LogP contribution in [0.4, 0.5) is 0 Å². The fourth-order valence-electron chi connectivity index (χ4n) is 1.95. The van der Waals surface area contributed by atoms with Crippen LogP contribution in [0.15, 0.2) is 28.9 Å². The Hall–Kier alpha value is -1.04. The molecule has 0 aliphatic carbocycles. The Morgan fingerprint density at radius 2 is 2.37 bits per heavy atom. The van der Waals surface area contributed by atoms with E-state index in [2.05, 4.69) is 25.7 Å². The van der Waals surface area contributed by atoms with Crippen LogP contribution in [0, 0.1) is 0 Å². The van der Waals surface area contributed by atoms with Crippen LogP contribution in [0.3, 0.4) is 0 Å². The first-order valence-electron chi connectivity index (χ1n) is 5.94. The van der Waals surface area contributed by atoms with Crippen LogP contribution < -0.4 is 4.84 Å². The first-order valence-corrected chi connectivity index (χ1v) is 7.11. The van der Waals surface area contributed by atoms with Crippen LogP contribution in [0.25, 0.3) is 10.9 Å². The van der Waals surface area contributed by atoms with Crippen molar-refractivity contribution < 1.29 is 9.53 Å². The van der Waals surface area contributed by atoms with Crippen molar-refractivity contribution in [3.63, 3.8) is 0 Å². The zero-order valence-corrected chi connectivity index (χ0v) is 12.7. The fourth-order valence-corrected chi connectivity index (χ4v) is 2.48. The number of hydrogen-bond donors (Lipinski definition) is 2. The van der Waals surface area contributed by atoms with Gasteiger partial charge in [-0.3, -0.25) is 4.79 Å². The van der Waals surface area contributed by atoms with Crippen LogP contribution in [0.1, 0.15) is 12.5 Å². The minimum Gasteiger partial charge on any atom is -0.465 e. The number of hydrogen-bond acceptors (Lipinski definition) is 3. The number of fused-ring (bicyclic) bond motifs is 1. The Balaban J connectivity index is 2.24. The molecular weight excluding hydrogens is 332 g/mol. The predicted molar refractivity (Wildman–Crippen MR) is 79.1 cm³/mol. The van der Waals surface area contributed by atoms with Gasteiger partial charge < -0.3 is 9.72 Å². The first kappa shape index (κ1) is 14.4. The van der Waals surface area contributed by atoms with Gasteiger partial charge in [-0.2, -0.15) is 0 Å². The van der Waals surface area contributed by atoms with E-state index in [0.717, 1.165) is 20.9 Å². The number of halogens is 2. The summed E-state index contributed by atoms with van der Waals surface area (Å²) in [6, 6.07) is 5.40. The molecule has 0 fully saturated rings. The highest BCUT2D eigenvalue weighted by atomic mass is 79.9. The summed E-state index contributed by atoms with van der Waals surface area (Å²) in [5, 5.41) is 1.07. The number of aromatic nitrogens is 1. The average molecular weight is 346 g/mol. The highest BCUT2D eigenvalue weighted by molar-refractivity contribution is 9.10. The molecule has 1 heterocycles. The van der Waals surface area contributed by atoms with Crippen molar-refractivity contribution in [3.05, 3.63) is 34.4 Å². The number of nitrogens with one attached hydrogen (secondary N) is 2. The second-order valence-electron chi connectivity index (χ2n) is 4.12. The number of ether oxygens (including phenoxy) is 1. The summed E-state index contributed by atoms with van der Waals surface area (Å²) in [7, 11) is 0. The third-order valence-electron chi connectivity index (χ3n) is 2.86. The molecule has 0 saturated heterocycles. The van der Waals surface area contributed by atoms with Gasteiger partial charge in [-0.05, 0) is 42.5 Å². The summed E-state index contributed by atoms with van der Waals surface area (Å²) in [6.07, 6.45) is 2.36. The maximum absolute atomic E-state index is 11.7. The van der Waals surface area contributed by atoms with E-state index in [4.69, 9.17) is 16.5 Å². The van der Waals surface area contributed by atoms with Gasteiger partial charge in [0, 0.05) is 28.0 Å². The number of H-pyrrole nitrogens is 1. The van der Waals surface area contributed by atoms with Crippen molar-refractivity contribution in [1.29, 1.82) is 0 Å². The van der Waals surface area contributed by atoms with E-state index in [1.807, 2.05) is 24.4 Å². The third kappa shape index (κ3) is 3.29. The van der Waals surface area contributed by atoms with Gasteiger partial charge in [0.15, 0.2) is 0 Å². The molecule has 0 spiro atoms. The molecule has 6 heteroatoms. The molecule has 0 saturated carbocycles. The molecule has 0 aliphatic heterocycles. The van der Waals surface area contributed by atoms with Crippen molar-refractivity contribution in [1.82, 2.24) is 9.82 Å². The molecule has 1 aromatic carbocycles. The van der Waals surface area contributed by atoms with Crippen molar-refractivity contribution >= 4 is 44.6 Å². The van der Waals surface area contributed by atoms with Gasteiger partial charge in [0.25, 0.3) is 0 Å². The Kier molecular flexibility index (Phi) is 4.85. The Morgan fingerprint density at radius 3 is 3.05 bits per heavy atom. The average Bonchev–Trinajstić information content (AvgIpc) is 2.78. The number of carbonyl (C=O) groups excluding carboxylic acids is 1. The number of benzene rings is 1. The summed E-state index contributed by atoms with van der Waals surface area (Å²) >= 11 is 9.07. The monoisotopic (exact) mass is 344 g/mol. The van der Waals surface area contributed by atoms with Gasteiger partial charge in [0.05, 0.1) is 6.61 Å². The zero-order valence-electron chi connectivity index (χ0n) is 10.4. The predicted octanol–water partition coefficient (Wildman–Crippen LogP) is 3.15. The Bertz CT molecular complexity index is 585. The van der Waals surface area contributed by atoms with Crippen molar-refractivity contribution in [2.45, 2.75) is 19.4 Å². The van der Waals surface area contributed by atoms with Gasteiger partial charge in [0.2, 0.25) is 0 Å². The molecule has 4 nitrogen and oxygen atoms in total. The van der Waals surface area contributed by atoms with Crippen LogP contribution in [0.5, 0.6) is 0 Å². The quantitative estimate of drug-likeness (QED) is 0.646. The van der Waals surface area contributed by atoms with E-state index in [-0.39, 0.29) is 5.97 Å². The molecule has 0 bridgehead atoms. The summed E-state index contributed by atoms with van der Waals surface area (Å²) in [4.78, 5) is 17.4. The second-order valence-corrected chi connectivity index (χ2v) is 5.26. The maximum Gasteiger partial charge on any atom is 0.324 e. The van der Waals surface area contributed by atoms with Crippen LogP contribution in [0.2, 0.25) is 0 Å². The molecule has 1 aromatic heterocycles. The normalized spacial score (nSPS) is 12.6. The van der Waals surface area contributed by atoms with E-state index in [0.29, 0.717) is 13.0 Å². The van der Waals surface area contributed by atoms with Crippen molar-refractivity contribution in [2.75, 3.05) is 6.61 Å². The number of carbonyl (C=O) groups is 1. The van der Waals surface area contributed by atoms with Crippen LogP contribution in [-0.2, 0) is 16.0 Å². The lowest BCUT2D eigenvalue weighted by Crippen LogP contribution is -2.34. The molecule has 0 aliphatic rings. The topological polar surface area (TPSA) is 54.1 Å². The van der Waals surface area contributed by atoms with E-state index in [1.165, 1.54) is 0 Å². The number of esters is 1. The highest BCUT2D eigenvalue weighted by Gasteiger charge is 2.20. The van der Waals surface area contributed by atoms with E-state index >= 15 is 0 Å². The third-order valence-corrected chi connectivity index (χ3v) is 3.61. The maximum atomic E-state index is 11.7. The smallest absolute Gasteiger partial charge is 0.324 e. The summed E-state index contributed by atoms with van der Waals surface area (Å²) in [5.74, 6) is -0.346. The minimum atomic E-state index is -0.556. The molecule has 2 aromatic rings. The molecule has 0 amide bonds. The molecule has 2 rings (SSSR count). The summed E-state index contributed by atoms with van der Waals surface area (Å²) < 4.78 is 5.97. The lowest BCUT2D eigenvalue weighted by atomic mass is 10.1. The van der Waals surface area contributed by atoms with E-state index in [1.54, 1.807) is 6.92 Å². The van der Waals surface area contributed by atoms with Crippen LogP contribution >= 0.6 is 27.7 Å². The lowest BCUT2D eigenvalue weighted by Gasteiger charge is -2.12. The van der Waals surface area contributed by atoms with Crippen molar-refractivity contribution in [3.8, 4) is 0 Å². The minimum absolute atomic E-state index is 0.341. The van der Waals surface area contributed by atoms with Gasteiger partial charge in [-0.25, -0.2) is 4.84 Å². The van der Waals surface area contributed by atoms with E-state index < -0.39 is 6.04 Å². The zero-order chi connectivity index (χ0) is 13.8. The molecular formula is C13H14BrClN2O2. The lowest BCUT2D eigenvalue weighted by molar-refractivity contribution is -0.145. The molecule has 0 radical (unpaired) electrons. The first-order chi connectivity index (χ1) is 9.15. The van der Waals surface area contributed by atoms with E-state index in [9.17, 15) is 4.79 Å². The van der Waals surface area contributed by atoms with Gasteiger partial charge in [0.1, 0.15) is 6.04 Å².